The van der Waals surface area contributed by atoms with Crippen molar-refractivity contribution >= 4 is 100 Å². The second kappa shape index (κ2) is 9.34. The Labute approximate surface area is 211 Å². The van der Waals surface area contributed by atoms with Crippen molar-refractivity contribution in [3.63, 3.8) is 0 Å². The summed E-state index contributed by atoms with van der Waals surface area (Å²) in [7, 11) is 0. The van der Waals surface area contributed by atoms with Crippen molar-refractivity contribution in [3.8, 4) is 0 Å². The minimum atomic E-state index is -3.41. The van der Waals surface area contributed by atoms with Crippen LogP contribution in [0.5, 0.6) is 0 Å². The van der Waals surface area contributed by atoms with Crippen molar-refractivity contribution in [1.82, 2.24) is 0 Å². The summed E-state index contributed by atoms with van der Waals surface area (Å²) < 4.78 is 9.79. The van der Waals surface area contributed by atoms with E-state index in [0.717, 1.165) is 0 Å². The molecule has 0 radical (unpaired) electrons. The zero-order valence-corrected chi connectivity index (χ0v) is 24.3. The summed E-state index contributed by atoms with van der Waals surface area (Å²) in [5.74, 6) is 0. The first kappa shape index (κ1) is 21.1. The third-order valence-corrected chi connectivity index (χ3v) is 20.9. The van der Waals surface area contributed by atoms with Crippen molar-refractivity contribution in [3.05, 3.63) is 114 Å². The van der Waals surface area contributed by atoms with Crippen molar-refractivity contribution in [2.24, 2.45) is 0 Å². The Morgan fingerprint density at radius 1 is 0.357 bits per heavy atom. The van der Waals surface area contributed by atoms with Gasteiger partial charge in [0.2, 0.25) is 0 Å². The monoisotopic (exact) mass is 806 g/mol. The first-order chi connectivity index (χ1) is 13.6. The Kier molecular flexibility index (Phi) is 7.05. The minimum absolute atomic E-state index is 1.28. The van der Waals surface area contributed by atoms with Gasteiger partial charge in [0.15, 0.2) is 0 Å². The summed E-state index contributed by atoms with van der Waals surface area (Å²) in [6.07, 6.45) is 0. The van der Waals surface area contributed by atoms with Crippen molar-refractivity contribution in [2.75, 3.05) is 0 Å². The number of hydrogen-bond acceptors (Lipinski definition) is 0. The normalized spacial score (nSPS) is 11.4. The molecule has 0 aliphatic heterocycles. The van der Waals surface area contributed by atoms with Gasteiger partial charge in [-0.25, -0.2) is 0 Å². The third-order valence-electron chi connectivity index (χ3n) is 5.04. The average Bonchev–Trinajstić information content (AvgIpc) is 2.73. The molecule has 0 N–H and O–H groups in total. The molecular weight excluding hydrogens is 788 g/mol. The van der Waals surface area contributed by atoms with Gasteiger partial charge >= 0.3 is 214 Å². The number of halogens is 3. The fourth-order valence-corrected chi connectivity index (χ4v) is 18.3. The van der Waals surface area contributed by atoms with E-state index in [2.05, 4.69) is 171 Å². The summed E-state index contributed by atoms with van der Waals surface area (Å²) in [6.45, 7) is 0. The molecule has 0 atom stereocenters. The van der Waals surface area contributed by atoms with Crippen molar-refractivity contribution in [2.45, 2.75) is 0 Å². The van der Waals surface area contributed by atoms with Crippen LogP contribution in [0.25, 0.3) is 0 Å². The second-order valence-corrected chi connectivity index (χ2v) is 21.2. The van der Waals surface area contributed by atoms with Gasteiger partial charge in [-0.2, -0.15) is 0 Å². The van der Waals surface area contributed by atoms with Crippen LogP contribution in [0.3, 0.4) is 0 Å². The van der Waals surface area contributed by atoms with Gasteiger partial charge in [0.05, 0.1) is 0 Å². The molecule has 0 nitrogen and oxygen atoms in total. The molecule has 0 aliphatic carbocycles. The van der Waals surface area contributed by atoms with Gasteiger partial charge in [0.1, 0.15) is 0 Å². The first-order valence-electron chi connectivity index (χ1n) is 8.94. The van der Waals surface area contributed by atoms with Crippen molar-refractivity contribution in [1.29, 1.82) is 0 Å². The molecule has 4 heteroatoms. The molecule has 0 amide bonds. The standard InChI is InChI=1S/3C6H4I.C6H5.Sn/c3*7-6-4-2-1-3-5-6;1-2-4-6-5-3-1;/h3*2-5H;1-5H;. The maximum absolute atomic E-state index is 3.41. The summed E-state index contributed by atoms with van der Waals surface area (Å²) in [5.41, 5.74) is 0. The van der Waals surface area contributed by atoms with Gasteiger partial charge < -0.3 is 0 Å². The SMILES string of the molecule is Ic1cc[c]([Sn]([c]2ccccc2)([c]2ccc(I)cc2)[c]2ccc(I)cc2)cc1. The molecule has 0 bridgehead atoms. The van der Waals surface area contributed by atoms with Crippen LogP contribution in [-0.2, 0) is 0 Å². The van der Waals surface area contributed by atoms with Crippen LogP contribution in [0.2, 0.25) is 0 Å². The first-order valence-corrected chi connectivity index (χ1v) is 17.9. The van der Waals surface area contributed by atoms with Gasteiger partial charge in [-0.05, 0) is 0 Å². The molecule has 0 unspecified atom stereocenters. The number of rotatable bonds is 4. The molecule has 138 valence electrons. The van der Waals surface area contributed by atoms with Crippen LogP contribution >= 0.6 is 67.8 Å². The van der Waals surface area contributed by atoms with Crippen molar-refractivity contribution < 1.29 is 0 Å². The zero-order valence-electron chi connectivity index (χ0n) is 14.9. The van der Waals surface area contributed by atoms with Gasteiger partial charge in [-0.1, -0.05) is 0 Å². The molecule has 0 fully saturated rings. The molecular formula is C24H17I3Sn. The fourth-order valence-electron chi connectivity index (χ4n) is 3.79. The molecule has 4 aromatic carbocycles. The topological polar surface area (TPSA) is 0 Å². The predicted octanol–water partition coefficient (Wildman–Crippen LogP) is 4.88. The van der Waals surface area contributed by atoms with E-state index in [1.165, 1.54) is 25.0 Å². The third kappa shape index (κ3) is 4.18. The van der Waals surface area contributed by atoms with E-state index in [-0.39, 0.29) is 0 Å². The van der Waals surface area contributed by atoms with Gasteiger partial charge in [-0.3, -0.25) is 0 Å². The van der Waals surface area contributed by atoms with E-state index in [1.54, 1.807) is 0 Å². The zero-order chi connectivity index (χ0) is 19.6. The quantitative estimate of drug-likeness (QED) is 0.204. The summed E-state index contributed by atoms with van der Waals surface area (Å²) in [6, 6.07) is 38.9. The number of benzene rings is 4. The van der Waals surface area contributed by atoms with Crippen LogP contribution in [0.15, 0.2) is 103 Å². The fraction of sp³-hybridized carbons (Fsp3) is 0. The maximum atomic E-state index is 2.40. The Morgan fingerprint density at radius 3 is 0.964 bits per heavy atom. The van der Waals surface area contributed by atoms with E-state index in [4.69, 9.17) is 0 Å². The van der Waals surface area contributed by atoms with E-state index < -0.39 is 18.4 Å². The predicted molar refractivity (Wildman–Crippen MR) is 148 cm³/mol. The van der Waals surface area contributed by atoms with Crippen LogP contribution in [0.4, 0.5) is 0 Å². The van der Waals surface area contributed by atoms with E-state index >= 15 is 0 Å². The second-order valence-electron chi connectivity index (χ2n) is 6.64. The van der Waals surface area contributed by atoms with Gasteiger partial charge in [0, 0.05) is 0 Å². The van der Waals surface area contributed by atoms with E-state index in [1.807, 2.05) is 0 Å². The average molecular weight is 805 g/mol. The van der Waals surface area contributed by atoms with E-state index in [0.29, 0.717) is 0 Å². The van der Waals surface area contributed by atoms with Crippen LogP contribution in [0.1, 0.15) is 0 Å². The molecule has 0 aromatic heterocycles. The molecule has 28 heavy (non-hydrogen) atoms. The molecule has 0 aliphatic rings. The Morgan fingerprint density at radius 2 is 0.643 bits per heavy atom. The summed E-state index contributed by atoms with van der Waals surface area (Å²) in [5, 5.41) is 0. The molecule has 0 spiro atoms. The summed E-state index contributed by atoms with van der Waals surface area (Å²) in [4.78, 5) is 0. The Balaban J connectivity index is 2.11. The molecule has 0 saturated heterocycles. The van der Waals surface area contributed by atoms with E-state index in [9.17, 15) is 0 Å². The van der Waals surface area contributed by atoms with Gasteiger partial charge in [-0.15, -0.1) is 0 Å². The molecule has 4 rings (SSSR count). The number of hydrogen-bond donors (Lipinski definition) is 0. The van der Waals surface area contributed by atoms with Crippen LogP contribution in [-0.4, -0.2) is 18.4 Å². The Bertz CT molecular complexity index is 947. The summed E-state index contributed by atoms with van der Waals surface area (Å²) >= 11 is 3.78. The Hall–Kier alpha value is -0.131. The van der Waals surface area contributed by atoms with Gasteiger partial charge in [0.25, 0.3) is 0 Å². The van der Waals surface area contributed by atoms with Crippen LogP contribution < -0.4 is 14.3 Å². The molecule has 4 aromatic rings. The molecule has 0 saturated carbocycles. The molecule has 0 heterocycles. The van der Waals surface area contributed by atoms with Crippen LogP contribution in [0, 0.1) is 10.7 Å².